The van der Waals surface area contributed by atoms with Crippen molar-refractivity contribution in [2.45, 2.75) is 26.2 Å². The number of aromatic nitrogens is 3. The van der Waals surface area contributed by atoms with Crippen LogP contribution in [0.4, 0.5) is 0 Å². The van der Waals surface area contributed by atoms with Gasteiger partial charge in [-0.3, -0.25) is 0 Å². The maximum atomic E-state index is 6.13. The first-order valence-corrected chi connectivity index (χ1v) is 10.4. The Balaban J connectivity index is 1.60. The average molecular weight is 406 g/mol. The number of hydrogen-bond acceptors (Lipinski definition) is 4. The summed E-state index contributed by atoms with van der Waals surface area (Å²) in [4.78, 5) is 4.84. The van der Waals surface area contributed by atoms with Crippen LogP contribution in [-0.2, 0) is 5.41 Å². The summed E-state index contributed by atoms with van der Waals surface area (Å²) in [7, 11) is 0. The molecule has 4 nitrogen and oxygen atoms in total. The number of nitrogens with zero attached hydrogens (tertiary/aromatic N) is 3. The van der Waals surface area contributed by atoms with Crippen LogP contribution in [0.25, 0.3) is 45.1 Å². The lowest BCUT2D eigenvalue weighted by molar-refractivity contribution is 0.582. The van der Waals surface area contributed by atoms with Gasteiger partial charge in [0.05, 0.1) is 16.8 Å². The molecule has 0 atom stereocenters. The van der Waals surface area contributed by atoms with Gasteiger partial charge in [0.2, 0.25) is 11.8 Å². The van der Waals surface area contributed by atoms with Crippen molar-refractivity contribution in [3.05, 3.63) is 90.5 Å². The van der Waals surface area contributed by atoms with E-state index < -0.39 is 0 Å². The molecule has 0 N–H and O–H groups in total. The molecule has 0 amide bonds. The summed E-state index contributed by atoms with van der Waals surface area (Å²) in [6, 6.07) is 28.5. The van der Waals surface area contributed by atoms with Gasteiger partial charge in [0, 0.05) is 16.5 Å². The van der Waals surface area contributed by atoms with Crippen molar-refractivity contribution in [3.8, 4) is 34.2 Å². The predicted molar refractivity (Wildman–Crippen MR) is 125 cm³/mol. The first-order chi connectivity index (χ1) is 15.0. The molecule has 0 radical (unpaired) electrons. The van der Waals surface area contributed by atoms with Crippen LogP contribution in [0.5, 0.6) is 0 Å². The third-order valence-electron chi connectivity index (χ3n) is 5.44. The minimum atomic E-state index is 0.0995. The van der Waals surface area contributed by atoms with Crippen LogP contribution >= 0.6 is 0 Å². The Kier molecular flexibility index (Phi) is 4.63. The summed E-state index contributed by atoms with van der Waals surface area (Å²) in [5.41, 5.74) is 5.98. The van der Waals surface area contributed by atoms with E-state index >= 15 is 0 Å². The molecule has 0 unspecified atom stereocenters. The highest BCUT2D eigenvalue weighted by Crippen LogP contribution is 2.33. The zero-order chi connectivity index (χ0) is 21.4. The van der Waals surface area contributed by atoms with Gasteiger partial charge in [0.15, 0.2) is 0 Å². The third-order valence-corrected chi connectivity index (χ3v) is 5.44. The lowest BCUT2D eigenvalue weighted by Gasteiger charge is -2.18. The van der Waals surface area contributed by atoms with Crippen LogP contribution in [0.15, 0.2) is 89.3 Å². The number of hydrogen-bond donors (Lipinski definition) is 0. The molecule has 0 saturated heterocycles. The fraction of sp³-hybridized carbons (Fsp3) is 0.148. The molecule has 5 aromatic rings. The fourth-order valence-electron chi connectivity index (χ4n) is 3.67. The molecule has 31 heavy (non-hydrogen) atoms. The zero-order valence-electron chi connectivity index (χ0n) is 17.8. The van der Waals surface area contributed by atoms with Crippen LogP contribution in [0.3, 0.4) is 0 Å². The number of pyridine rings is 1. The van der Waals surface area contributed by atoms with E-state index in [2.05, 4.69) is 55.2 Å². The van der Waals surface area contributed by atoms with E-state index in [0.29, 0.717) is 11.8 Å². The molecule has 0 bridgehead atoms. The van der Waals surface area contributed by atoms with Crippen LogP contribution in [-0.4, -0.2) is 15.2 Å². The van der Waals surface area contributed by atoms with Gasteiger partial charge in [-0.15, -0.1) is 10.2 Å². The fourth-order valence-corrected chi connectivity index (χ4v) is 3.67. The number of rotatable bonds is 3. The lowest BCUT2D eigenvalue weighted by Crippen LogP contribution is -2.10. The van der Waals surface area contributed by atoms with E-state index in [1.54, 1.807) is 0 Å². The van der Waals surface area contributed by atoms with E-state index in [9.17, 15) is 0 Å². The number of para-hydroxylation sites is 1. The standard InChI is InChI=1S/C27H23N3O/c1-27(2,3)20-15-13-19(14-16-20)25-29-30-26(31-25)22-17-24(18-9-5-4-6-10-18)28-23-12-8-7-11-21(22)23/h4-17H,1-3H3. The van der Waals surface area contributed by atoms with Gasteiger partial charge in [-0.05, 0) is 35.2 Å². The second-order valence-electron chi connectivity index (χ2n) is 8.68. The van der Waals surface area contributed by atoms with E-state index in [0.717, 1.165) is 33.3 Å². The summed E-state index contributed by atoms with van der Waals surface area (Å²) >= 11 is 0. The molecule has 0 aliphatic heterocycles. The smallest absolute Gasteiger partial charge is 0.248 e. The monoisotopic (exact) mass is 405 g/mol. The van der Waals surface area contributed by atoms with Crippen molar-refractivity contribution < 1.29 is 4.42 Å². The third kappa shape index (κ3) is 3.73. The van der Waals surface area contributed by atoms with Crippen molar-refractivity contribution in [2.75, 3.05) is 0 Å². The van der Waals surface area contributed by atoms with Crippen molar-refractivity contribution in [1.29, 1.82) is 0 Å². The van der Waals surface area contributed by atoms with Gasteiger partial charge in [-0.2, -0.15) is 0 Å². The Bertz CT molecular complexity index is 1350. The molecular weight excluding hydrogens is 382 g/mol. The van der Waals surface area contributed by atoms with Crippen molar-refractivity contribution >= 4 is 10.9 Å². The SMILES string of the molecule is CC(C)(C)c1ccc(-c2nnc(-c3cc(-c4ccccc4)nc4ccccc34)o2)cc1. The molecule has 0 aliphatic carbocycles. The van der Waals surface area contributed by atoms with Gasteiger partial charge >= 0.3 is 0 Å². The highest BCUT2D eigenvalue weighted by Gasteiger charge is 2.17. The summed E-state index contributed by atoms with van der Waals surface area (Å²) < 4.78 is 6.13. The van der Waals surface area contributed by atoms with E-state index in [1.165, 1.54) is 5.56 Å². The average Bonchev–Trinajstić information content (AvgIpc) is 3.28. The quantitative estimate of drug-likeness (QED) is 0.327. The molecule has 0 spiro atoms. The van der Waals surface area contributed by atoms with Gasteiger partial charge in [0.25, 0.3) is 0 Å². The number of benzene rings is 3. The lowest BCUT2D eigenvalue weighted by atomic mass is 9.87. The molecule has 5 rings (SSSR count). The summed E-state index contributed by atoms with van der Waals surface area (Å²) in [6.07, 6.45) is 0. The van der Waals surface area contributed by atoms with Gasteiger partial charge in [-0.1, -0.05) is 81.4 Å². The summed E-state index contributed by atoms with van der Waals surface area (Å²) in [5.74, 6) is 1.00. The summed E-state index contributed by atoms with van der Waals surface area (Å²) in [5, 5.41) is 9.69. The molecule has 0 saturated carbocycles. The topological polar surface area (TPSA) is 51.8 Å². The maximum absolute atomic E-state index is 6.13. The first kappa shape index (κ1) is 19.2. The molecule has 152 valence electrons. The zero-order valence-corrected chi connectivity index (χ0v) is 17.8. The Hall–Kier alpha value is -3.79. The Morgan fingerprint density at radius 2 is 1.35 bits per heavy atom. The molecule has 3 aromatic carbocycles. The molecule has 0 aliphatic rings. The number of fused-ring (bicyclic) bond motifs is 1. The second kappa shape index (κ2) is 7.47. The van der Waals surface area contributed by atoms with Crippen LogP contribution in [0.1, 0.15) is 26.3 Å². The van der Waals surface area contributed by atoms with E-state index in [4.69, 9.17) is 9.40 Å². The largest absolute Gasteiger partial charge is 0.416 e. The highest BCUT2D eigenvalue weighted by molar-refractivity contribution is 5.94. The molecule has 2 heterocycles. The Morgan fingerprint density at radius 3 is 2.10 bits per heavy atom. The maximum Gasteiger partial charge on any atom is 0.248 e. The van der Waals surface area contributed by atoms with Crippen molar-refractivity contribution in [2.24, 2.45) is 0 Å². The van der Waals surface area contributed by atoms with Crippen molar-refractivity contribution in [1.82, 2.24) is 15.2 Å². The predicted octanol–water partition coefficient (Wildman–Crippen LogP) is 6.92. The Labute approximate surface area is 181 Å². The molecule has 4 heteroatoms. The van der Waals surface area contributed by atoms with Crippen LogP contribution in [0, 0.1) is 0 Å². The van der Waals surface area contributed by atoms with Gasteiger partial charge in [-0.25, -0.2) is 4.98 Å². The van der Waals surface area contributed by atoms with E-state index in [1.807, 2.05) is 60.7 Å². The minimum absolute atomic E-state index is 0.0995. The summed E-state index contributed by atoms with van der Waals surface area (Å²) in [6.45, 7) is 6.60. The van der Waals surface area contributed by atoms with Gasteiger partial charge in [0.1, 0.15) is 0 Å². The Morgan fingerprint density at radius 1 is 0.677 bits per heavy atom. The van der Waals surface area contributed by atoms with Crippen molar-refractivity contribution in [3.63, 3.8) is 0 Å². The second-order valence-corrected chi connectivity index (χ2v) is 8.68. The normalized spacial score (nSPS) is 11.7. The van der Waals surface area contributed by atoms with E-state index in [-0.39, 0.29) is 5.41 Å². The molecule has 2 aromatic heterocycles. The van der Waals surface area contributed by atoms with Crippen LogP contribution in [0.2, 0.25) is 0 Å². The minimum Gasteiger partial charge on any atom is -0.416 e. The molecular formula is C27H23N3O. The first-order valence-electron chi connectivity index (χ1n) is 10.4. The van der Waals surface area contributed by atoms with Crippen LogP contribution < -0.4 is 0 Å². The highest BCUT2D eigenvalue weighted by atomic mass is 16.4. The van der Waals surface area contributed by atoms with Gasteiger partial charge < -0.3 is 4.42 Å². The molecule has 0 fully saturated rings.